The van der Waals surface area contributed by atoms with Crippen LogP contribution >= 0.6 is 0 Å². The van der Waals surface area contributed by atoms with E-state index < -0.39 is 0 Å². The van der Waals surface area contributed by atoms with Gasteiger partial charge in [-0.1, -0.05) is 19.0 Å². The summed E-state index contributed by atoms with van der Waals surface area (Å²) in [6.45, 7) is 4.95. The van der Waals surface area contributed by atoms with E-state index in [1.54, 1.807) is 6.26 Å². The second kappa shape index (κ2) is 5.41. The van der Waals surface area contributed by atoms with Crippen LogP contribution in [0.4, 0.5) is 0 Å². The Labute approximate surface area is 117 Å². The number of fused-ring (bicyclic) bond motifs is 1. The standard InChI is InChI=1S/C16H18N2O2/c1-11(2)15-9-12-3-4-14(10-16(12)17-15)19-7-5-13-6-8-20-18-13/h3-4,6,8-11,17H,5,7H2,1-2H3. The van der Waals surface area contributed by atoms with Crippen LogP contribution in [0.2, 0.25) is 0 Å². The van der Waals surface area contributed by atoms with E-state index in [-0.39, 0.29) is 0 Å². The average Bonchev–Trinajstić information content (AvgIpc) is 3.06. The molecule has 2 aromatic heterocycles. The van der Waals surface area contributed by atoms with E-state index in [1.807, 2.05) is 18.2 Å². The lowest BCUT2D eigenvalue weighted by molar-refractivity contribution is 0.316. The fourth-order valence-corrected chi connectivity index (χ4v) is 2.17. The molecule has 1 N–H and O–H groups in total. The maximum atomic E-state index is 5.76. The summed E-state index contributed by atoms with van der Waals surface area (Å²) in [7, 11) is 0. The van der Waals surface area contributed by atoms with Crippen LogP contribution < -0.4 is 4.74 Å². The number of benzene rings is 1. The summed E-state index contributed by atoms with van der Waals surface area (Å²) in [5, 5.41) is 5.08. The second-order valence-electron chi connectivity index (χ2n) is 5.22. The minimum atomic E-state index is 0.499. The van der Waals surface area contributed by atoms with Gasteiger partial charge in [-0.2, -0.15) is 0 Å². The molecule has 0 bridgehead atoms. The van der Waals surface area contributed by atoms with E-state index in [4.69, 9.17) is 9.26 Å². The largest absolute Gasteiger partial charge is 0.493 e. The molecule has 0 fully saturated rings. The van der Waals surface area contributed by atoms with E-state index in [0.29, 0.717) is 12.5 Å². The highest BCUT2D eigenvalue weighted by Gasteiger charge is 2.05. The van der Waals surface area contributed by atoms with E-state index >= 15 is 0 Å². The summed E-state index contributed by atoms with van der Waals surface area (Å²) in [6.07, 6.45) is 2.32. The first-order chi connectivity index (χ1) is 9.72. The van der Waals surface area contributed by atoms with Crippen molar-refractivity contribution in [3.63, 3.8) is 0 Å². The van der Waals surface area contributed by atoms with Crippen LogP contribution in [-0.4, -0.2) is 16.7 Å². The molecule has 0 aliphatic carbocycles. The third-order valence-electron chi connectivity index (χ3n) is 3.35. The first kappa shape index (κ1) is 12.8. The Balaban J connectivity index is 1.69. The smallest absolute Gasteiger partial charge is 0.124 e. The van der Waals surface area contributed by atoms with Gasteiger partial charge in [0, 0.05) is 29.8 Å². The van der Waals surface area contributed by atoms with Crippen LogP contribution in [0.25, 0.3) is 10.9 Å². The van der Waals surface area contributed by atoms with Crippen molar-refractivity contribution in [3.8, 4) is 5.75 Å². The first-order valence-corrected chi connectivity index (χ1v) is 6.87. The van der Waals surface area contributed by atoms with Gasteiger partial charge in [-0.15, -0.1) is 0 Å². The summed E-state index contributed by atoms with van der Waals surface area (Å²) >= 11 is 0. The van der Waals surface area contributed by atoms with Crippen molar-refractivity contribution in [1.82, 2.24) is 10.1 Å². The SMILES string of the molecule is CC(C)c1cc2ccc(OCCc3ccon3)cc2[nH]1. The number of H-pyrrole nitrogens is 1. The second-order valence-corrected chi connectivity index (χ2v) is 5.22. The third-order valence-corrected chi connectivity index (χ3v) is 3.35. The van der Waals surface area contributed by atoms with Crippen LogP contribution in [0.15, 0.2) is 41.1 Å². The van der Waals surface area contributed by atoms with Gasteiger partial charge in [0.1, 0.15) is 12.0 Å². The predicted molar refractivity (Wildman–Crippen MR) is 78.1 cm³/mol. The summed E-state index contributed by atoms with van der Waals surface area (Å²) in [6, 6.07) is 10.2. The normalized spacial score (nSPS) is 11.3. The molecule has 104 valence electrons. The summed E-state index contributed by atoms with van der Waals surface area (Å²) in [4.78, 5) is 3.43. The van der Waals surface area contributed by atoms with Crippen LogP contribution in [-0.2, 0) is 6.42 Å². The van der Waals surface area contributed by atoms with E-state index in [2.05, 4.69) is 36.1 Å². The van der Waals surface area contributed by atoms with Gasteiger partial charge in [0.2, 0.25) is 0 Å². The molecule has 3 aromatic rings. The Morgan fingerprint density at radius 1 is 1.25 bits per heavy atom. The lowest BCUT2D eigenvalue weighted by Crippen LogP contribution is -2.01. The fraction of sp³-hybridized carbons (Fsp3) is 0.312. The molecule has 4 heteroatoms. The summed E-state index contributed by atoms with van der Waals surface area (Å²) < 4.78 is 10.5. The number of hydrogen-bond donors (Lipinski definition) is 1. The zero-order valence-corrected chi connectivity index (χ0v) is 11.7. The predicted octanol–water partition coefficient (Wildman–Crippen LogP) is 3.90. The van der Waals surface area contributed by atoms with Crippen molar-refractivity contribution in [1.29, 1.82) is 0 Å². The molecular formula is C16H18N2O2. The molecule has 4 nitrogen and oxygen atoms in total. The number of nitrogens with one attached hydrogen (secondary N) is 1. The Morgan fingerprint density at radius 3 is 2.90 bits per heavy atom. The maximum Gasteiger partial charge on any atom is 0.124 e. The van der Waals surface area contributed by atoms with Gasteiger partial charge < -0.3 is 14.2 Å². The lowest BCUT2D eigenvalue weighted by atomic mass is 10.1. The molecular weight excluding hydrogens is 252 g/mol. The molecule has 1 aromatic carbocycles. The molecule has 2 heterocycles. The van der Waals surface area contributed by atoms with Crippen molar-refractivity contribution in [3.05, 3.63) is 48.0 Å². The Kier molecular flexibility index (Phi) is 3.46. The molecule has 0 amide bonds. The van der Waals surface area contributed by atoms with Crippen LogP contribution in [0.3, 0.4) is 0 Å². The molecule has 0 saturated carbocycles. The van der Waals surface area contributed by atoms with Gasteiger partial charge in [0.25, 0.3) is 0 Å². The highest BCUT2D eigenvalue weighted by atomic mass is 16.5. The monoisotopic (exact) mass is 270 g/mol. The highest BCUT2D eigenvalue weighted by Crippen LogP contribution is 2.24. The van der Waals surface area contributed by atoms with Crippen molar-refractivity contribution < 1.29 is 9.26 Å². The molecule has 0 aliphatic rings. The van der Waals surface area contributed by atoms with Gasteiger partial charge in [-0.05, 0) is 29.5 Å². The number of aromatic nitrogens is 2. The Morgan fingerprint density at radius 2 is 2.15 bits per heavy atom. The number of rotatable bonds is 5. The van der Waals surface area contributed by atoms with Gasteiger partial charge in [-0.25, -0.2) is 0 Å². The van der Waals surface area contributed by atoms with Gasteiger partial charge in [0.05, 0.1) is 12.3 Å². The van der Waals surface area contributed by atoms with Gasteiger partial charge in [0.15, 0.2) is 0 Å². The van der Waals surface area contributed by atoms with Gasteiger partial charge >= 0.3 is 0 Å². The lowest BCUT2D eigenvalue weighted by Gasteiger charge is -2.04. The first-order valence-electron chi connectivity index (χ1n) is 6.87. The quantitative estimate of drug-likeness (QED) is 0.765. The number of aromatic amines is 1. The summed E-state index contributed by atoms with van der Waals surface area (Å²) in [5.41, 5.74) is 3.28. The zero-order chi connectivity index (χ0) is 13.9. The van der Waals surface area contributed by atoms with E-state index in [9.17, 15) is 0 Å². The third kappa shape index (κ3) is 2.69. The Bertz CT molecular complexity index is 684. The topological polar surface area (TPSA) is 51.1 Å². The van der Waals surface area contributed by atoms with Crippen molar-refractivity contribution in [2.45, 2.75) is 26.2 Å². The molecule has 0 unspecified atom stereocenters. The molecule has 0 atom stereocenters. The van der Waals surface area contributed by atoms with E-state index in [0.717, 1.165) is 23.4 Å². The molecule has 0 saturated heterocycles. The minimum Gasteiger partial charge on any atom is -0.493 e. The van der Waals surface area contributed by atoms with Crippen LogP contribution in [0, 0.1) is 0 Å². The van der Waals surface area contributed by atoms with Crippen molar-refractivity contribution in [2.75, 3.05) is 6.61 Å². The van der Waals surface area contributed by atoms with Crippen molar-refractivity contribution >= 4 is 10.9 Å². The fourth-order valence-electron chi connectivity index (χ4n) is 2.17. The molecule has 0 aliphatic heterocycles. The number of ether oxygens (including phenoxy) is 1. The molecule has 0 radical (unpaired) electrons. The number of nitrogens with zero attached hydrogens (tertiary/aromatic N) is 1. The van der Waals surface area contributed by atoms with Crippen molar-refractivity contribution in [2.24, 2.45) is 0 Å². The van der Waals surface area contributed by atoms with Crippen LogP contribution in [0.1, 0.15) is 31.2 Å². The molecule has 3 rings (SSSR count). The summed E-state index contributed by atoms with van der Waals surface area (Å²) in [5.74, 6) is 1.37. The molecule has 0 spiro atoms. The Hall–Kier alpha value is -2.23. The maximum absolute atomic E-state index is 5.76. The number of hydrogen-bond acceptors (Lipinski definition) is 3. The van der Waals surface area contributed by atoms with Crippen LogP contribution in [0.5, 0.6) is 5.75 Å². The zero-order valence-electron chi connectivity index (χ0n) is 11.7. The van der Waals surface area contributed by atoms with Gasteiger partial charge in [-0.3, -0.25) is 0 Å². The minimum absolute atomic E-state index is 0.499. The van der Waals surface area contributed by atoms with E-state index in [1.165, 1.54) is 11.1 Å². The average molecular weight is 270 g/mol. The molecule has 20 heavy (non-hydrogen) atoms. The highest BCUT2D eigenvalue weighted by molar-refractivity contribution is 5.82.